The van der Waals surface area contributed by atoms with Crippen molar-refractivity contribution in [3.63, 3.8) is 0 Å². The van der Waals surface area contributed by atoms with Crippen molar-refractivity contribution in [2.75, 3.05) is 19.6 Å². The number of nitrogens with zero attached hydrogens (tertiary/aromatic N) is 1. The molecule has 3 nitrogen and oxygen atoms in total. The van der Waals surface area contributed by atoms with Crippen LogP contribution < -0.4 is 5.32 Å². The average molecular weight is 222 g/mol. The van der Waals surface area contributed by atoms with Crippen LogP contribution in [0, 0.1) is 0 Å². The number of hydrogen-bond acceptors (Lipinski definition) is 3. The first kappa shape index (κ1) is 11.7. The monoisotopic (exact) mass is 222 g/mol. The van der Waals surface area contributed by atoms with Crippen LogP contribution >= 0.6 is 0 Å². The molecule has 90 valence electrons. The molecule has 0 radical (unpaired) electrons. The lowest BCUT2D eigenvalue weighted by Crippen LogP contribution is -2.34. The third-order valence-electron chi connectivity index (χ3n) is 3.36. The molecular formula is C13H22N2O. The molecule has 0 aromatic carbocycles. The molecule has 1 unspecified atom stereocenters. The molecular weight excluding hydrogens is 200 g/mol. The molecule has 1 heterocycles. The highest BCUT2D eigenvalue weighted by Crippen LogP contribution is 2.25. The molecule has 1 aliphatic rings. The maximum Gasteiger partial charge on any atom is 0.0950 e. The summed E-state index contributed by atoms with van der Waals surface area (Å²) >= 11 is 0. The number of nitrogens with one attached hydrogen (secondary N) is 1. The van der Waals surface area contributed by atoms with Crippen molar-refractivity contribution in [3.8, 4) is 0 Å². The first-order chi connectivity index (χ1) is 7.81. The van der Waals surface area contributed by atoms with Crippen LogP contribution in [0.5, 0.6) is 0 Å². The summed E-state index contributed by atoms with van der Waals surface area (Å²) in [5.41, 5.74) is 1.23. The quantitative estimate of drug-likeness (QED) is 0.768. The van der Waals surface area contributed by atoms with Gasteiger partial charge in [-0.25, -0.2) is 0 Å². The minimum absolute atomic E-state index is 0.386. The molecule has 0 bridgehead atoms. The van der Waals surface area contributed by atoms with Crippen molar-refractivity contribution in [1.29, 1.82) is 0 Å². The Morgan fingerprint density at radius 1 is 1.56 bits per heavy atom. The van der Waals surface area contributed by atoms with E-state index in [1.165, 1.54) is 24.9 Å². The summed E-state index contributed by atoms with van der Waals surface area (Å²) in [6, 6.07) is 3.28. The summed E-state index contributed by atoms with van der Waals surface area (Å²) in [4.78, 5) is 2.56. The van der Waals surface area contributed by atoms with Crippen LogP contribution in [-0.4, -0.2) is 30.6 Å². The van der Waals surface area contributed by atoms with Gasteiger partial charge in [-0.3, -0.25) is 4.90 Å². The Morgan fingerprint density at radius 3 is 2.94 bits per heavy atom. The van der Waals surface area contributed by atoms with E-state index in [-0.39, 0.29) is 0 Å². The summed E-state index contributed by atoms with van der Waals surface area (Å²) in [6.07, 6.45) is 6.34. The molecule has 1 saturated carbocycles. The second-order valence-electron chi connectivity index (χ2n) is 4.59. The van der Waals surface area contributed by atoms with Gasteiger partial charge in [0.25, 0.3) is 0 Å². The smallest absolute Gasteiger partial charge is 0.0950 e. The van der Waals surface area contributed by atoms with E-state index in [9.17, 15) is 0 Å². The average Bonchev–Trinajstić information content (AvgIpc) is 2.97. The summed E-state index contributed by atoms with van der Waals surface area (Å²) in [7, 11) is 0. The van der Waals surface area contributed by atoms with Crippen LogP contribution in [0.2, 0.25) is 0 Å². The lowest BCUT2D eigenvalue weighted by molar-refractivity contribution is 0.273. The van der Waals surface area contributed by atoms with E-state index in [0.717, 1.165) is 19.1 Å². The van der Waals surface area contributed by atoms with Crippen molar-refractivity contribution >= 4 is 0 Å². The van der Waals surface area contributed by atoms with Gasteiger partial charge in [-0.15, -0.1) is 0 Å². The van der Waals surface area contributed by atoms with E-state index in [1.54, 1.807) is 6.26 Å². The largest absolute Gasteiger partial charge is 0.472 e. The van der Waals surface area contributed by atoms with Crippen LogP contribution in [0.15, 0.2) is 23.0 Å². The first-order valence-corrected chi connectivity index (χ1v) is 6.30. The summed E-state index contributed by atoms with van der Waals surface area (Å²) in [5, 5.41) is 3.53. The maximum atomic E-state index is 5.08. The van der Waals surface area contributed by atoms with E-state index in [1.807, 2.05) is 12.3 Å². The Morgan fingerprint density at radius 2 is 2.38 bits per heavy atom. The number of furan rings is 1. The third-order valence-corrected chi connectivity index (χ3v) is 3.36. The van der Waals surface area contributed by atoms with Crippen molar-refractivity contribution < 1.29 is 4.42 Å². The van der Waals surface area contributed by atoms with Gasteiger partial charge in [-0.2, -0.15) is 0 Å². The molecule has 0 aliphatic heterocycles. The standard InChI is InChI=1S/C13H22N2O/c1-3-15(13-4-5-13)8-7-14-11(2)12-6-9-16-10-12/h6,9-11,13-14H,3-5,7-8H2,1-2H3. The Bertz CT molecular complexity index is 293. The summed E-state index contributed by atoms with van der Waals surface area (Å²) in [5.74, 6) is 0. The zero-order valence-corrected chi connectivity index (χ0v) is 10.3. The third kappa shape index (κ3) is 3.09. The van der Waals surface area contributed by atoms with Crippen LogP contribution in [0.25, 0.3) is 0 Å². The van der Waals surface area contributed by atoms with Gasteiger partial charge < -0.3 is 9.73 Å². The fraction of sp³-hybridized carbons (Fsp3) is 0.692. The van der Waals surface area contributed by atoms with Crippen molar-refractivity contribution in [3.05, 3.63) is 24.2 Å². The van der Waals surface area contributed by atoms with Crippen LogP contribution in [0.4, 0.5) is 0 Å². The topological polar surface area (TPSA) is 28.4 Å². The maximum absolute atomic E-state index is 5.08. The Balaban J connectivity index is 1.67. The van der Waals surface area contributed by atoms with Gasteiger partial charge in [0.15, 0.2) is 0 Å². The lowest BCUT2D eigenvalue weighted by Gasteiger charge is -2.21. The Hall–Kier alpha value is -0.800. The predicted octanol–water partition coefficient (Wildman–Crippen LogP) is 2.41. The van der Waals surface area contributed by atoms with Crippen LogP contribution in [-0.2, 0) is 0 Å². The number of hydrogen-bond donors (Lipinski definition) is 1. The fourth-order valence-electron chi connectivity index (χ4n) is 2.10. The fourth-order valence-corrected chi connectivity index (χ4v) is 2.10. The van der Waals surface area contributed by atoms with Gasteiger partial charge >= 0.3 is 0 Å². The minimum atomic E-state index is 0.386. The molecule has 1 aromatic heterocycles. The highest BCUT2D eigenvalue weighted by atomic mass is 16.3. The predicted molar refractivity (Wildman–Crippen MR) is 65.4 cm³/mol. The number of likely N-dealkylation sites (N-methyl/N-ethyl adjacent to an activating group) is 1. The number of rotatable bonds is 7. The molecule has 1 N–H and O–H groups in total. The van der Waals surface area contributed by atoms with Crippen LogP contribution in [0.1, 0.15) is 38.3 Å². The second kappa shape index (κ2) is 5.51. The highest BCUT2D eigenvalue weighted by Gasteiger charge is 2.27. The zero-order chi connectivity index (χ0) is 11.4. The molecule has 0 amide bonds. The van der Waals surface area contributed by atoms with E-state index in [0.29, 0.717) is 6.04 Å². The molecule has 0 saturated heterocycles. The summed E-state index contributed by atoms with van der Waals surface area (Å²) in [6.45, 7) is 7.81. The zero-order valence-electron chi connectivity index (χ0n) is 10.3. The Labute approximate surface area is 97.8 Å². The summed E-state index contributed by atoms with van der Waals surface area (Å²) < 4.78 is 5.08. The van der Waals surface area contributed by atoms with Crippen molar-refractivity contribution in [1.82, 2.24) is 10.2 Å². The molecule has 16 heavy (non-hydrogen) atoms. The van der Waals surface area contributed by atoms with Gasteiger partial charge in [0.05, 0.1) is 12.5 Å². The van der Waals surface area contributed by atoms with E-state index < -0.39 is 0 Å². The van der Waals surface area contributed by atoms with E-state index in [2.05, 4.69) is 24.1 Å². The minimum Gasteiger partial charge on any atom is -0.472 e. The van der Waals surface area contributed by atoms with Crippen LogP contribution in [0.3, 0.4) is 0 Å². The van der Waals surface area contributed by atoms with Gasteiger partial charge in [0.1, 0.15) is 0 Å². The van der Waals surface area contributed by atoms with E-state index in [4.69, 9.17) is 4.42 Å². The highest BCUT2D eigenvalue weighted by molar-refractivity contribution is 5.10. The molecule has 3 heteroatoms. The van der Waals surface area contributed by atoms with Crippen molar-refractivity contribution in [2.24, 2.45) is 0 Å². The molecule has 1 aromatic rings. The van der Waals surface area contributed by atoms with Gasteiger partial charge in [-0.05, 0) is 32.4 Å². The van der Waals surface area contributed by atoms with Crippen molar-refractivity contribution in [2.45, 2.75) is 38.8 Å². The molecule has 2 rings (SSSR count). The molecule has 0 spiro atoms. The lowest BCUT2D eigenvalue weighted by atomic mass is 10.2. The molecule has 1 aliphatic carbocycles. The first-order valence-electron chi connectivity index (χ1n) is 6.30. The molecule has 1 atom stereocenters. The van der Waals surface area contributed by atoms with Gasteiger partial charge in [-0.1, -0.05) is 6.92 Å². The molecule has 1 fully saturated rings. The SMILES string of the molecule is CCN(CCNC(C)c1ccoc1)C1CC1. The van der Waals surface area contributed by atoms with Gasteiger partial charge in [0, 0.05) is 30.7 Å². The Kier molecular flexibility index (Phi) is 4.02. The van der Waals surface area contributed by atoms with Gasteiger partial charge in [0.2, 0.25) is 0 Å². The normalized spacial score (nSPS) is 17.9. The second-order valence-corrected chi connectivity index (χ2v) is 4.59. The van der Waals surface area contributed by atoms with E-state index >= 15 is 0 Å².